The van der Waals surface area contributed by atoms with Crippen LogP contribution >= 0.6 is 0 Å². The van der Waals surface area contributed by atoms with Gasteiger partial charge in [0.2, 0.25) is 0 Å². The first-order valence-electron chi connectivity index (χ1n) is 6.30. The highest BCUT2D eigenvalue weighted by Gasteiger charge is 2.15. The summed E-state index contributed by atoms with van der Waals surface area (Å²) in [5, 5.41) is 10.7. The number of carbonyl (C=O) groups excluding carboxylic acids is 1. The number of benzene rings is 1. The normalized spacial score (nSPS) is 10.8. The lowest BCUT2D eigenvalue weighted by Gasteiger charge is -1.96. The molecule has 112 valence electrons. The number of fused-ring (bicyclic) bond motifs is 1. The topological polar surface area (TPSA) is 109 Å². The molecule has 0 aliphatic carbocycles. The summed E-state index contributed by atoms with van der Waals surface area (Å²) in [4.78, 5) is 25.1. The number of rotatable bonds is 4. The minimum atomic E-state index is -0.502. The molecule has 0 aliphatic heterocycles. The lowest BCUT2D eigenvalue weighted by atomic mass is 10.3. The van der Waals surface area contributed by atoms with Gasteiger partial charge in [0, 0.05) is 19.1 Å². The lowest BCUT2D eigenvalue weighted by Crippen LogP contribution is -1.97. The molecule has 8 heteroatoms. The van der Waals surface area contributed by atoms with Gasteiger partial charge in [-0.25, -0.2) is 4.98 Å². The highest BCUT2D eigenvalue weighted by Crippen LogP contribution is 2.28. The Kier molecular flexibility index (Phi) is 3.34. The van der Waals surface area contributed by atoms with Gasteiger partial charge in [-0.1, -0.05) is 0 Å². The number of esters is 1. The SMILES string of the molecule is CC(=O)OCc1ccc(-c2nc3cc([N+](=O)[O-])ccc3o2)o1. The summed E-state index contributed by atoms with van der Waals surface area (Å²) in [6.45, 7) is 1.32. The fourth-order valence-corrected chi connectivity index (χ4v) is 1.88. The molecule has 0 amide bonds. The standard InChI is InChI=1S/C14H10N2O6/c1-8(17)20-7-10-3-5-13(21-10)14-15-11-6-9(16(18)19)2-4-12(11)22-14/h2-6H,7H2,1H3. The minimum absolute atomic E-state index is 0.0149. The summed E-state index contributed by atoms with van der Waals surface area (Å²) < 4.78 is 15.8. The molecular weight excluding hydrogens is 292 g/mol. The number of carbonyl (C=O) groups is 1. The van der Waals surface area contributed by atoms with Crippen LogP contribution in [0.1, 0.15) is 12.7 Å². The quantitative estimate of drug-likeness (QED) is 0.414. The van der Waals surface area contributed by atoms with E-state index in [1.165, 1.54) is 25.1 Å². The molecule has 8 nitrogen and oxygen atoms in total. The molecule has 0 aliphatic rings. The van der Waals surface area contributed by atoms with Crippen LogP contribution in [-0.4, -0.2) is 15.9 Å². The second-order valence-electron chi connectivity index (χ2n) is 4.47. The van der Waals surface area contributed by atoms with Gasteiger partial charge in [0.25, 0.3) is 11.6 Å². The average molecular weight is 302 g/mol. The number of nitro groups is 1. The molecule has 3 aromatic rings. The van der Waals surface area contributed by atoms with E-state index in [0.717, 1.165) is 0 Å². The molecule has 2 aromatic heterocycles. The van der Waals surface area contributed by atoms with Crippen molar-refractivity contribution in [2.24, 2.45) is 0 Å². The Morgan fingerprint density at radius 2 is 2.14 bits per heavy atom. The minimum Gasteiger partial charge on any atom is -0.458 e. The second-order valence-corrected chi connectivity index (χ2v) is 4.47. The maximum atomic E-state index is 10.7. The molecule has 0 fully saturated rings. The van der Waals surface area contributed by atoms with E-state index in [-0.39, 0.29) is 18.2 Å². The number of oxazole rings is 1. The van der Waals surface area contributed by atoms with Crippen LogP contribution in [0.3, 0.4) is 0 Å². The Hall–Kier alpha value is -3.16. The molecule has 0 atom stereocenters. The van der Waals surface area contributed by atoms with Crippen LogP contribution in [0.25, 0.3) is 22.8 Å². The van der Waals surface area contributed by atoms with Crippen LogP contribution in [0.2, 0.25) is 0 Å². The van der Waals surface area contributed by atoms with Crippen molar-refractivity contribution in [3.8, 4) is 11.7 Å². The van der Waals surface area contributed by atoms with Gasteiger partial charge in [-0.05, 0) is 18.2 Å². The van der Waals surface area contributed by atoms with Crippen LogP contribution in [0.4, 0.5) is 5.69 Å². The molecule has 2 heterocycles. The third kappa shape index (κ3) is 2.66. The highest BCUT2D eigenvalue weighted by atomic mass is 16.6. The zero-order chi connectivity index (χ0) is 15.7. The first-order valence-corrected chi connectivity index (χ1v) is 6.30. The molecule has 22 heavy (non-hydrogen) atoms. The van der Waals surface area contributed by atoms with E-state index in [1.54, 1.807) is 12.1 Å². The number of furan rings is 1. The van der Waals surface area contributed by atoms with Gasteiger partial charge < -0.3 is 13.6 Å². The largest absolute Gasteiger partial charge is 0.458 e. The molecule has 1 aromatic carbocycles. The molecule has 0 saturated heterocycles. The van der Waals surface area contributed by atoms with E-state index < -0.39 is 10.9 Å². The molecule has 0 spiro atoms. The smallest absolute Gasteiger partial charge is 0.303 e. The summed E-state index contributed by atoms with van der Waals surface area (Å²) in [7, 11) is 0. The van der Waals surface area contributed by atoms with Crippen LogP contribution < -0.4 is 0 Å². The van der Waals surface area contributed by atoms with E-state index in [2.05, 4.69) is 4.98 Å². The van der Waals surface area contributed by atoms with E-state index >= 15 is 0 Å². The van der Waals surface area contributed by atoms with Crippen molar-refractivity contribution in [3.05, 3.63) is 46.2 Å². The fraction of sp³-hybridized carbons (Fsp3) is 0.143. The maximum Gasteiger partial charge on any atom is 0.303 e. The number of non-ortho nitro benzene ring substituents is 1. The van der Waals surface area contributed by atoms with Gasteiger partial charge in [0.05, 0.1) is 4.92 Å². The predicted octanol–water partition coefficient (Wildman–Crippen LogP) is 3.06. The Balaban J connectivity index is 1.90. The Labute approximate surface area is 123 Å². The predicted molar refractivity (Wildman–Crippen MR) is 73.8 cm³/mol. The molecule has 0 unspecified atom stereocenters. The van der Waals surface area contributed by atoms with E-state index in [1.807, 2.05) is 0 Å². The van der Waals surface area contributed by atoms with Crippen LogP contribution in [0.5, 0.6) is 0 Å². The van der Waals surface area contributed by atoms with E-state index in [0.29, 0.717) is 22.6 Å². The lowest BCUT2D eigenvalue weighted by molar-refractivity contribution is -0.384. The fourth-order valence-electron chi connectivity index (χ4n) is 1.88. The summed E-state index contributed by atoms with van der Waals surface area (Å²) in [6, 6.07) is 7.40. The molecule has 0 N–H and O–H groups in total. The van der Waals surface area contributed by atoms with Crippen molar-refractivity contribution < 1.29 is 23.3 Å². The zero-order valence-corrected chi connectivity index (χ0v) is 11.4. The number of hydrogen-bond donors (Lipinski definition) is 0. The Morgan fingerprint density at radius 1 is 1.32 bits per heavy atom. The van der Waals surface area contributed by atoms with E-state index in [9.17, 15) is 14.9 Å². The van der Waals surface area contributed by atoms with Crippen molar-refractivity contribution in [2.45, 2.75) is 13.5 Å². The van der Waals surface area contributed by atoms with Crippen molar-refractivity contribution in [1.82, 2.24) is 4.98 Å². The van der Waals surface area contributed by atoms with E-state index in [4.69, 9.17) is 13.6 Å². The van der Waals surface area contributed by atoms with Crippen molar-refractivity contribution in [1.29, 1.82) is 0 Å². The number of nitro benzene ring substituents is 1. The molecular formula is C14H10N2O6. The Morgan fingerprint density at radius 3 is 2.86 bits per heavy atom. The maximum absolute atomic E-state index is 10.7. The van der Waals surface area contributed by atoms with Gasteiger partial charge >= 0.3 is 5.97 Å². The van der Waals surface area contributed by atoms with Gasteiger partial charge in [-0.2, -0.15) is 0 Å². The van der Waals surface area contributed by atoms with Crippen LogP contribution in [0.15, 0.2) is 39.2 Å². The highest BCUT2D eigenvalue weighted by molar-refractivity contribution is 5.78. The van der Waals surface area contributed by atoms with Gasteiger partial charge in [-0.3, -0.25) is 14.9 Å². The number of aromatic nitrogens is 1. The van der Waals surface area contributed by atoms with Crippen molar-refractivity contribution in [2.75, 3.05) is 0 Å². The number of ether oxygens (including phenoxy) is 1. The molecule has 3 rings (SSSR count). The van der Waals surface area contributed by atoms with Gasteiger partial charge in [0.1, 0.15) is 17.9 Å². The zero-order valence-electron chi connectivity index (χ0n) is 11.4. The van der Waals surface area contributed by atoms with Crippen molar-refractivity contribution in [3.63, 3.8) is 0 Å². The third-order valence-electron chi connectivity index (χ3n) is 2.87. The summed E-state index contributed by atoms with van der Waals surface area (Å²) in [6.07, 6.45) is 0. The summed E-state index contributed by atoms with van der Waals surface area (Å²) in [5.41, 5.74) is 0.711. The summed E-state index contributed by atoms with van der Waals surface area (Å²) >= 11 is 0. The van der Waals surface area contributed by atoms with Crippen molar-refractivity contribution >= 4 is 22.8 Å². The van der Waals surface area contributed by atoms with Gasteiger partial charge in [-0.15, -0.1) is 0 Å². The molecule has 0 radical (unpaired) electrons. The van der Waals surface area contributed by atoms with Crippen LogP contribution in [0, 0.1) is 10.1 Å². The van der Waals surface area contributed by atoms with Gasteiger partial charge in [0.15, 0.2) is 11.3 Å². The third-order valence-corrected chi connectivity index (χ3v) is 2.87. The number of hydrogen-bond acceptors (Lipinski definition) is 7. The average Bonchev–Trinajstić information content (AvgIpc) is 3.10. The molecule has 0 saturated carbocycles. The monoisotopic (exact) mass is 302 g/mol. The molecule has 0 bridgehead atoms. The second kappa shape index (κ2) is 5.32. The Bertz CT molecular complexity index is 863. The first kappa shape index (κ1) is 13.8. The first-order chi connectivity index (χ1) is 10.5. The number of nitrogens with zero attached hydrogens (tertiary/aromatic N) is 2. The summed E-state index contributed by atoms with van der Waals surface area (Å²) in [5.74, 6) is 0.580. The van der Waals surface area contributed by atoms with Crippen LogP contribution in [-0.2, 0) is 16.1 Å².